The van der Waals surface area contributed by atoms with Gasteiger partial charge in [-0.25, -0.2) is 0 Å². The highest BCUT2D eigenvalue weighted by Crippen LogP contribution is 2.18. The molecule has 0 bridgehead atoms. The average molecular weight is 129 g/mol. The van der Waals surface area contributed by atoms with Crippen molar-refractivity contribution >= 4 is 22.3 Å². The van der Waals surface area contributed by atoms with Crippen LogP contribution in [0.25, 0.3) is 0 Å². The van der Waals surface area contributed by atoms with Crippen LogP contribution in [0, 0.1) is 0 Å². The summed E-state index contributed by atoms with van der Waals surface area (Å²) >= 11 is 0. The standard InChI is InChI=1S/C5H7NOS/c1-3-5-4-8(2)7-6-5/h3H,1-2,4H2. The van der Waals surface area contributed by atoms with Gasteiger partial charge in [-0.15, -0.1) is 0 Å². The summed E-state index contributed by atoms with van der Waals surface area (Å²) in [5.74, 6) is 4.50. The fourth-order valence-electron chi connectivity index (χ4n) is 0.414. The third kappa shape index (κ3) is 0.980. The van der Waals surface area contributed by atoms with Gasteiger partial charge in [0.2, 0.25) is 0 Å². The lowest BCUT2D eigenvalue weighted by atomic mass is 10.4. The van der Waals surface area contributed by atoms with Crippen LogP contribution in [0.2, 0.25) is 0 Å². The van der Waals surface area contributed by atoms with E-state index in [9.17, 15) is 0 Å². The first kappa shape index (κ1) is 5.56. The molecule has 0 saturated carbocycles. The van der Waals surface area contributed by atoms with Crippen molar-refractivity contribution in [3.05, 3.63) is 12.7 Å². The van der Waals surface area contributed by atoms with Gasteiger partial charge in [-0.05, 0) is 11.9 Å². The zero-order valence-corrected chi connectivity index (χ0v) is 5.28. The summed E-state index contributed by atoms with van der Waals surface area (Å²) in [6.07, 6.45) is 1.69. The zero-order valence-electron chi connectivity index (χ0n) is 4.46. The lowest BCUT2D eigenvalue weighted by Crippen LogP contribution is -1.89. The smallest absolute Gasteiger partial charge is 0.0933 e. The third-order valence-electron chi connectivity index (χ3n) is 0.804. The summed E-state index contributed by atoms with van der Waals surface area (Å²) < 4.78 is 4.79. The van der Waals surface area contributed by atoms with E-state index >= 15 is 0 Å². The molecule has 0 radical (unpaired) electrons. The minimum atomic E-state index is -0.228. The van der Waals surface area contributed by atoms with Gasteiger partial charge >= 0.3 is 0 Å². The first-order valence-electron chi connectivity index (χ1n) is 2.20. The number of nitrogens with zero attached hydrogens (tertiary/aromatic N) is 1. The van der Waals surface area contributed by atoms with E-state index in [0.717, 1.165) is 11.5 Å². The second-order valence-corrected chi connectivity index (χ2v) is 2.76. The van der Waals surface area contributed by atoms with Gasteiger partial charge in [0.15, 0.2) is 0 Å². The van der Waals surface area contributed by atoms with Gasteiger partial charge in [-0.3, -0.25) is 0 Å². The Morgan fingerprint density at radius 3 is 2.88 bits per heavy atom. The Morgan fingerprint density at radius 1 is 1.88 bits per heavy atom. The summed E-state index contributed by atoms with van der Waals surface area (Å²) in [6, 6.07) is 0. The molecular weight excluding hydrogens is 122 g/mol. The highest BCUT2D eigenvalue weighted by Gasteiger charge is 2.05. The summed E-state index contributed by atoms with van der Waals surface area (Å²) in [7, 11) is -0.228. The van der Waals surface area contributed by atoms with Crippen LogP contribution in [-0.4, -0.2) is 17.3 Å². The number of hydrogen-bond acceptors (Lipinski definition) is 2. The zero-order chi connectivity index (χ0) is 5.98. The maximum atomic E-state index is 4.79. The van der Waals surface area contributed by atoms with Crippen LogP contribution >= 0.6 is 10.8 Å². The molecule has 0 amide bonds. The van der Waals surface area contributed by atoms with Gasteiger partial charge in [0.05, 0.1) is 11.5 Å². The first-order valence-corrected chi connectivity index (χ1v) is 3.69. The Morgan fingerprint density at radius 2 is 2.62 bits per heavy atom. The largest absolute Gasteiger partial charge is 0.331 e. The van der Waals surface area contributed by atoms with Crippen LogP contribution in [0.4, 0.5) is 0 Å². The Labute approximate surface area is 51.0 Å². The maximum absolute atomic E-state index is 4.79. The fourth-order valence-corrected chi connectivity index (χ4v) is 1.17. The number of allylic oxidation sites excluding steroid dienone is 1. The van der Waals surface area contributed by atoms with E-state index < -0.39 is 0 Å². The van der Waals surface area contributed by atoms with E-state index in [1.165, 1.54) is 0 Å². The molecule has 3 heteroatoms. The molecule has 0 aromatic heterocycles. The van der Waals surface area contributed by atoms with E-state index in [1.54, 1.807) is 6.08 Å². The van der Waals surface area contributed by atoms with Gasteiger partial charge < -0.3 is 4.28 Å². The van der Waals surface area contributed by atoms with Crippen LogP contribution in [0.3, 0.4) is 0 Å². The summed E-state index contributed by atoms with van der Waals surface area (Å²) in [5.41, 5.74) is 0.906. The van der Waals surface area contributed by atoms with Crippen molar-refractivity contribution in [1.82, 2.24) is 0 Å². The molecule has 8 heavy (non-hydrogen) atoms. The van der Waals surface area contributed by atoms with Gasteiger partial charge in [-0.2, -0.15) is 0 Å². The molecule has 0 fully saturated rings. The summed E-state index contributed by atoms with van der Waals surface area (Å²) in [6.45, 7) is 3.54. The minimum Gasteiger partial charge on any atom is -0.331 e. The maximum Gasteiger partial charge on any atom is 0.0933 e. The Hall–Kier alpha value is -0.570. The topological polar surface area (TPSA) is 21.6 Å². The molecule has 1 heterocycles. The Balaban J connectivity index is 2.61. The van der Waals surface area contributed by atoms with Crippen molar-refractivity contribution in [2.45, 2.75) is 0 Å². The second-order valence-electron chi connectivity index (χ2n) is 1.45. The van der Waals surface area contributed by atoms with Gasteiger partial charge in [0, 0.05) is 10.8 Å². The van der Waals surface area contributed by atoms with E-state index in [0.29, 0.717) is 0 Å². The fraction of sp³-hybridized carbons (Fsp3) is 0.200. The predicted molar refractivity (Wildman–Crippen MR) is 38.3 cm³/mol. The van der Waals surface area contributed by atoms with Crippen LogP contribution in [0.5, 0.6) is 0 Å². The molecular formula is C5H7NOS. The third-order valence-corrected chi connectivity index (χ3v) is 1.71. The van der Waals surface area contributed by atoms with Crippen LogP contribution in [0.1, 0.15) is 0 Å². The molecule has 1 atom stereocenters. The first-order chi connectivity index (χ1) is 3.83. The monoisotopic (exact) mass is 129 g/mol. The molecule has 0 N–H and O–H groups in total. The lowest BCUT2D eigenvalue weighted by Gasteiger charge is -1.85. The van der Waals surface area contributed by atoms with Crippen molar-refractivity contribution in [2.75, 3.05) is 5.75 Å². The highest BCUT2D eigenvalue weighted by atomic mass is 32.2. The summed E-state index contributed by atoms with van der Waals surface area (Å²) in [5, 5.41) is 3.68. The quantitative estimate of drug-likeness (QED) is 0.487. The molecule has 1 aliphatic heterocycles. The molecule has 2 nitrogen and oxygen atoms in total. The number of rotatable bonds is 1. The van der Waals surface area contributed by atoms with Crippen molar-refractivity contribution in [3.63, 3.8) is 0 Å². The average Bonchev–Trinajstić information content (AvgIpc) is 2.14. The Bertz CT molecular complexity index is 162. The van der Waals surface area contributed by atoms with Crippen molar-refractivity contribution < 1.29 is 4.28 Å². The van der Waals surface area contributed by atoms with Crippen LogP contribution in [0.15, 0.2) is 17.8 Å². The van der Waals surface area contributed by atoms with E-state index in [-0.39, 0.29) is 10.8 Å². The SMILES string of the molecule is C=CC1=NOS(=C)C1. The van der Waals surface area contributed by atoms with Crippen LogP contribution in [-0.2, 0) is 4.28 Å². The minimum absolute atomic E-state index is 0.228. The normalized spacial score (nSPS) is 26.5. The molecule has 44 valence electrons. The summed E-state index contributed by atoms with van der Waals surface area (Å²) in [4.78, 5) is 0. The molecule has 0 aromatic rings. The van der Waals surface area contributed by atoms with Crippen molar-refractivity contribution in [3.8, 4) is 0 Å². The molecule has 0 spiro atoms. The van der Waals surface area contributed by atoms with Crippen molar-refractivity contribution in [1.29, 1.82) is 0 Å². The molecule has 1 rings (SSSR count). The van der Waals surface area contributed by atoms with Gasteiger partial charge in [0.1, 0.15) is 0 Å². The molecule has 0 saturated heterocycles. The van der Waals surface area contributed by atoms with E-state index in [4.69, 9.17) is 4.28 Å². The molecule has 0 aromatic carbocycles. The van der Waals surface area contributed by atoms with E-state index in [1.807, 2.05) is 0 Å². The Kier molecular flexibility index (Phi) is 1.48. The van der Waals surface area contributed by atoms with Crippen molar-refractivity contribution in [2.24, 2.45) is 5.16 Å². The molecule has 0 aliphatic carbocycles. The highest BCUT2D eigenvalue weighted by molar-refractivity contribution is 8.10. The van der Waals surface area contributed by atoms with E-state index in [2.05, 4.69) is 17.6 Å². The van der Waals surface area contributed by atoms with Gasteiger partial charge in [0.25, 0.3) is 0 Å². The predicted octanol–water partition coefficient (Wildman–Crippen LogP) is 1.17. The van der Waals surface area contributed by atoms with Gasteiger partial charge in [-0.1, -0.05) is 11.7 Å². The number of oxime groups is 1. The van der Waals surface area contributed by atoms with Crippen LogP contribution < -0.4 is 0 Å². The lowest BCUT2D eigenvalue weighted by molar-refractivity contribution is 0.415. The molecule has 1 aliphatic rings. The second kappa shape index (κ2) is 2.13. The molecule has 1 unspecified atom stereocenters. The number of hydrogen-bond donors (Lipinski definition) is 0.